The fourth-order valence-corrected chi connectivity index (χ4v) is 2.33. The van der Waals surface area contributed by atoms with Crippen LogP contribution in [0.3, 0.4) is 0 Å². The van der Waals surface area contributed by atoms with Gasteiger partial charge in [-0.3, -0.25) is 10.1 Å². The third-order valence-corrected chi connectivity index (χ3v) is 3.82. The van der Waals surface area contributed by atoms with E-state index in [1.807, 2.05) is 39.0 Å². The number of carbonyl (C=O) groups is 1. The lowest BCUT2D eigenvalue weighted by atomic mass is 10.0. The smallest absolute Gasteiger partial charge is 0.262 e. The van der Waals surface area contributed by atoms with Crippen LogP contribution in [0.15, 0.2) is 18.2 Å². The van der Waals surface area contributed by atoms with Crippen molar-refractivity contribution in [2.24, 2.45) is 0 Å². The summed E-state index contributed by atoms with van der Waals surface area (Å²) in [6.45, 7) is 5.46. The molecule has 2 N–H and O–H groups in total. The zero-order chi connectivity index (χ0) is 14.9. The van der Waals surface area contributed by atoms with Crippen LogP contribution in [0.2, 0.25) is 0 Å². The van der Waals surface area contributed by atoms with E-state index in [9.17, 15) is 13.6 Å². The summed E-state index contributed by atoms with van der Waals surface area (Å²) in [4.78, 5) is 12.0. The Bertz CT molecular complexity index is 517. The summed E-state index contributed by atoms with van der Waals surface area (Å²) < 4.78 is 26.1. The SMILES string of the molecule is Cc1ccc(C(C)NC(=O)C2CC(F)(F)CN2)cc1C. The quantitative estimate of drug-likeness (QED) is 0.894. The van der Waals surface area contributed by atoms with Gasteiger partial charge in [-0.1, -0.05) is 18.2 Å². The second-order valence-electron chi connectivity index (χ2n) is 5.57. The van der Waals surface area contributed by atoms with Crippen molar-refractivity contribution in [3.63, 3.8) is 0 Å². The van der Waals surface area contributed by atoms with Crippen LogP contribution in [0.5, 0.6) is 0 Å². The molecule has 1 aromatic carbocycles. The molecule has 2 unspecified atom stereocenters. The van der Waals surface area contributed by atoms with E-state index in [2.05, 4.69) is 10.6 Å². The van der Waals surface area contributed by atoms with Gasteiger partial charge >= 0.3 is 0 Å². The zero-order valence-corrected chi connectivity index (χ0v) is 12.0. The Morgan fingerprint density at radius 3 is 2.65 bits per heavy atom. The fourth-order valence-electron chi connectivity index (χ4n) is 2.33. The molecule has 1 amide bonds. The summed E-state index contributed by atoms with van der Waals surface area (Å²) in [6, 6.07) is 4.95. The molecule has 1 aromatic rings. The van der Waals surface area contributed by atoms with Crippen molar-refractivity contribution < 1.29 is 13.6 Å². The predicted octanol–water partition coefficient (Wildman–Crippen LogP) is 2.48. The first-order valence-electron chi connectivity index (χ1n) is 6.77. The highest BCUT2D eigenvalue weighted by molar-refractivity contribution is 5.82. The van der Waals surface area contributed by atoms with Gasteiger partial charge in [0.25, 0.3) is 5.92 Å². The Morgan fingerprint density at radius 2 is 2.10 bits per heavy atom. The lowest BCUT2D eigenvalue weighted by Crippen LogP contribution is -2.41. The zero-order valence-electron chi connectivity index (χ0n) is 12.0. The Morgan fingerprint density at radius 1 is 1.40 bits per heavy atom. The van der Waals surface area contributed by atoms with Crippen LogP contribution in [0.1, 0.15) is 36.1 Å². The molecular weight excluding hydrogens is 262 g/mol. The summed E-state index contributed by atoms with van der Waals surface area (Å²) in [7, 11) is 0. The monoisotopic (exact) mass is 282 g/mol. The Labute approximate surface area is 117 Å². The lowest BCUT2D eigenvalue weighted by Gasteiger charge is -2.18. The van der Waals surface area contributed by atoms with E-state index in [1.165, 1.54) is 5.56 Å². The molecule has 5 heteroatoms. The van der Waals surface area contributed by atoms with E-state index in [0.717, 1.165) is 11.1 Å². The van der Waals surface area contributed by atoms with E-state index < -0.39 is 24.9 Å². The van der Waals surface area contributed by atoms with Crippen molar-refractivity contribution in [1.82, 2.24) is 10.6 Å². The minimum atomic E-state index is -2.79. The molecule has 0 bridgehead atoms. The first-order chi connectivity index (χ1) is 9.28. The van der Waals surface area contributed by atoms with Crippen LogP contribution < -0.4 is 10.6 Å². The largest absolute Gasteiger partial charge is 0.348 e. The van der Waals surface area contributed by atoms with E-state index in [4.69, 9.17) is 0 Å². The molecule has 1 aliphatic heterocycles. The van der Waals surface area contributed by atoms with Crippen LogP contribution >= 0.6 is 0 Å². The van der Waals surface area contributed by atoms with E-state index in [0.29, 0.717) is 0 Å². The Hall–Kier alpha value is -1.49. The number of hydrogen-bond donors (Lipinski definition) is 2. The highest BCUT2D eigenvalue weighted by Gasteiger charge is 2.42. The molecule has 1 heterocycles. The summed E-state index contributed by atoms with van der Waals surface area (Å²) in [5.74, 6) is -3.15. The van der Waals surface area contributed by atoms with Gasteiger partial charge in [0.05, 0.1) is 18.6 Å². The topological polar surface area (TPSA) is 41.1 Å². The third kappa shape index (κ3) is 3.33. The molecule has 0 aromatic heterocycles. The summed E-state index contributed by atoms with van der Waals surface area (Å²) in [5.41, 5.74) is 3.31. The van der Waals surface area contributed by atoms with E-state index >= 15 is 0 Å². The van der Waals surface area contributed by atoms with Crippen molar-refractivity contribution in [2.75, 3.05) is 6.54 Å². The second-order valence-corrected chi connectivity index (χ2v) is 5.57. The van der Waals surface area contributed by atoms with Crippen LogP contribution in [-0.4, -0.2) is 24.4 Å². The standard InChI is InChI=1S/C15H20F2N2O/c1-9-4-5-12(6-10(9)2)11(3)19-14(20)13-7-15(16,17)8-18-13/h4-6,11,13,18H,7-8H2,1-3H3,(H,19,20). The number of halogens is 2. The number of rotatable bonds is 3. The van der Waals surface area contributed by atoms with Crippen molar-refractivity contribution in [2.45, 2.75) is 45.2 Å². The van der Waals surface area contributed by atoms with Crippen molar-refractivity contribution in [3.8, 4) is 0 Å². The summed E-state index contributed by atoms with van der Waals surface area (Å²) >= 11 is 0. The molecule has 0 aliphatic carbocycles. The van der Waals surface area contributed by atoms with Gasteiger partial charge in [-0.2, -0.15) is 0 Å². The number of amides is 1. The maximum atomic E-state index is 13.1. The number of carbonyl (C=O) groups excluding carboxylic acids is 1. The molecule has 2 rings (SSSR count). The van der Waals surface area contributed by atoms with Gasteiger partial charge in [-0.05, 0) is 37.5 Å². The van der Waals surface area contributed by atoms with Gasteiger partial charge in [-0.25, -0.2) is 8.78 Å². The molecule has 0 radical (unpaired) electrons. The van der Waals surface area contributed by atoms with Crippen molar-refractivity contribution in [3.05, 3.63) is 34.9 Å². The van der Waals surface area contributed by atoms with Crippen LogP contribution in [-0.2, 0) is 4.79 Å². The number of alkyl halides is 2. The minimum absolute atomic E-state index is 0.196. The van der Waals surface area contributed by atoms with Crippen LogP contribution in [0.25, 0.3) is 0 Å². The van der Waals surface area contributed by atoms with Gasteiger partial charge in [0.1, 0.15) is 0 Å². The molecule has 0 saturated carbocycles. The average Bonchev–Trinajstić information content (AvgIpc) is 2.73. The number of nitrogens with one attached hydrogen (secondary N) is 2. The molecule has 1 fully saturated rings. The lowest BCUT2D eigenvalue weighted by molar-refractivity contribution is -0.124. The minimum Gasteiger partial charge on any atom is -0.348 e. The van der Waals surface area contributed by atoms with Crippen LogP contribution in [0.4, 0.5) is 8.78 Å². The van der Waals surface area contributed by atoms with Crippen LogP contribution in [0, 0.1) is 13.8 Å². The molecule has 3 nitrogen and oxygen atoms in total. The number of aryl methyl sites for hydroxylation is 2. The number of hydrogen-bond acceptors (Lipinski definition) is 2. The first kappa shape index (κ1) is 14.9. The normalized spacial score (nSPS) is 22.6. The summed E-state index contributed by atoms with van der Waals surface area (Å²) in [5, 5.41) is 5.35. The average molecular weight is 282 g/mol. The molecule has 2 atom stereocenters. The molecule has 1 aliphatic rings. The van der Waals surface area contributed by atoms with Gasteiger partial charge in [0, 0.05) is 6.42 Å². The maximum Gasteiger partial charge on any atom is 0.262 e. The van der Waals surface area contributed by atoms with Crippen molar-refractivity contribution in [1.29, 1.82) is 0 Å². The maximum absolute atomic E-state index is 13.1. The fraction of sp³-hybridized carbons (Fsp3) is 0.533. The molecule has 110 valence electrons. The van der Waals surface area contributed by atoms with Gasteiger partial charge < -0.3 is 5.32 Å². The number of benzene rings is 1. The molecule has 0 spiro atoms. The third-order valence-electron chi connectivity index (χ3n) is 3.82. The molecular formula is C15H20F2N2O. The molecule has 1 saturated heterocycles. The molecule has 20 heavy (non-hydrogen) atoms. The van der Waals surface area contributed by atoms with E-state index in [-0.39, 0.29) is 11.9 Å². The second kappa shape index (κ2) is 5.48. The Kier molecular flexibility index (Phi) is 4.09. The van der Waals surface area contributed by atoms with Gasteiger partial charge in [0.2, 0.25) is 5.91 Å². The highest BCUT2D eigenvalue weighted by atomic mass is 19.3. The van der Waals surface area contributed by atoms with E-state index in [1.54, 1.807) is 0 Å². The first-order valence-corrected chi connectivity index (χ1v) is 6.77. The van der Waals surface area contributed by atoms with Gasteiger partial charge in [0.15, 0.2) is 0 Å². The Balaban J connectivity index is 1.99. The van der Waals surface area contributed by atoms with Crippen molar-refractivity contribution >= 4 is 5.91 Å². The highest BCUT2D eigenvalue weighted by Crippen LogP contribution is 2.25. The van der Waals surface area contributed by atoms with Gasteiger partial charge in [-0.15, -0.1) is 0 Å². The predicted molar refractivity (Wildman–Crippen MR) is 73.8 cm³/mol. The summed E-state index contributed by atoms with van der Waals surface area (Å²) in [6.07, 6.45) is -0.432.